The van der Waals surface area contributed by atoms with Crippen LogP contribution < -0.4 is 4.74 Å². The minimum Gasteiger partial charge on any atom is -0.496 e. The molecule has 1 aromatic heterocycles. The molecule has 0 N–H and O–H groups in total. The van der Waals surface area contributed by atoms with Crippen molar-refractivity contribution in [2.45, 2.75) is 6.92 Å². The molecule has 0 spiro atoms. The number of methoxy groups -OCH3 is 1. The van der Waals surface area contributed by atoms with Gasteiger partial charge in [0.15, 0.2) is 5.51 Å². The third kappa shape index (κ3) is 0.975. The van der Waals surface area contributed by atoms with Crippen LogP contribution in [-0.2, 0) is 0 Å². The molecular weight excluding hydrogens is 170 g/mol. The van der Waals surface area contributed by atoms with Gasteiger partial charge in [-0.1, -0.05) is 0 Å². The average Bonchev–Trinajstić information content (AvgIpc) is 2.53. The van der Waals surface area contributed by atoms with E-state index in [1.165, 1.54) is 11.3 Å². The molecule has 61 valence electrons. The summed E-state index contributed by atoms with van der Waals surface area (Å²) in [7, 11) is 1.67. The molecule has 0 aliphatic carbocycles. The molecule has 0 bridgehead atoms. The van der Waals surface area contributed by atoms with Gasteiger partial charge < -0.3 is 4.74 Å². The van der Waals surface area contributed by atoms with Gasteiger partial charge in [0, 0.05) is 5.56 Å². The summed E-state index contributed by atoms with van der Waals surface area (Å²) in [5.74, 6) is 0.891. The van der Waals surface area contributed by atoms with Gasteiger partial charge in [0.1, 0.15) is 5.75 Å². The molecule has 0 amide bonds. The second kappa shape index (κ2) is 2.75. The fourth-order valence-corrected chi connectivity index (χ4v) is 1.88. The SMILES string of the molecule is COc1ccc2s[c]nc2c1C. The normalized spacial score (nSPS) is 10.5. The van der Waals surface area contributed by atoms with Crippen molar-refractivity contribution in [3.05, 3.63) is 23.2 Å². The van der Waals surface area contributed by atoms with Gasteiger partial charge in [-0.2, -0.15) is 0 Å². The van der Waals surface area contributed by atoms with Gasteiger partial charge in [0.25, 0.3) is 0 Å². The van der Waals surface area contributed by atoms with Crippen LogP contribution in [0.5, 0.6) is 5.75 Å². The van der Waals surface area contributed by atoms with E-state index in [9.17, 15) is 0 Å². The van der Waals surface area contributed by atoms with Crippen LogP contribution in [0.25, 0.3) is 10.2 Å². The molecule has 1 heterocycles. The first-order valence-corrected chi connectivity index (χ1v) is 4.45. The topological polar surface area (TPSA) is 22.1 Å². The number of benzene rings is 1. The maximum atomic E-state index is 5.17. The number of nitrogens with zero attached hydrogens (tertiary/aromatic N) is 1. The summed E-state index contributed by atoms with van der Waals surface area (Å²) in [6, 6.07) is 3.97. The summed E-state index contributed by atoms with van der Waals surface area (Å²) in [6.07, 6.45) is 0. The predicted octanol–water partition coefficient (Wildman–Crippen LogP) is 2.41. The van der Waals surface area contributed by atoms with Crippen LogP contribution in [0.15, 0.2) is 12.1 Å². The van der Waals surface area contributed by atoms with Crippen molar-refractivity contribution < 1.29 is 4.74 Å². The monoisotopic (exact) mass is 178 g/mol. The van der Waals surface area contributed by atoms with E-state index in [2.05, 4.69) is 10.5 Å². The quantitative estimate of drug-likeness (QED) is 0.669. The van der Waals surface area contributed by atoms with Crippen LogP contribution in [0.4, 0.5) is 0 Å². The summed E-state index contributed by atoms with van der Waals surface area (Å²) < 4.78 is 6.33. The zero-order valence-electron chi connectivity index (χ0n) is 6.92. The van der Waals surface area contributed by atoms with Gasteiger partial charge in [-0.25, -0.2) is 4.98 Å². The summed E-state index contributed by atoms with van der Waals surface area (Å²) in [5.41, 5.74) is 4.96. The first-order valence-electron chi connectivity index (χ1n) is 3.63. The second-order valence-corrected chi connectivity index (χ2v) is 3.37. The van der Waals surface area contributed by atoms with Gasteiger partial charge in [-0.15, -0.1) is 11.3 Å². The summed E-state index contributed by atoms with van der Waals surface area (Å²) >= 11 is 1.53. The van der Waals surface area contributed by atoms with Crippen molar-refractivity contribution in [2.75, 3.05) is 7.11 Å². The number of thiazole rings is 1. The number of fused-ring (bicyclic) bond motifs is 1. The van der Waals surface area contributed by atoms with E-state index in [0.29, 0.717) is 0 Å². The maximum absolute atomic E-state index is 5.17. The standard InChI is InChI=1S/C9H8NOS/c1-6-7(11-2)3-4-8-9(6)10-5-12-8/h3-4H,1-2H3. The predicted molar refractivity (Wildman–Crippen MR) is 49.7 cm³/mol. The first kappa shape index (κ1) is 7.55. The Morgan fingerprint density at radius 3 is 3.08 bits per heavy atom. The highest BCUT2D eigenvalue weighted by molar-refractivity contribution is 7.16. The lowest BCUT2D eigenvalue weighted by atomic mass is 10.2. The Labute approximate surface area is 74.8 Å². The summed E-state index contributed by atoms with van der Waals surface area (Å²) in [4.78, 5) is 4.14. The molecule has 2 aromatic rings. The molecular formula is C9H8NOS. The van der Waals surface area contributed by atoms with Crippen LogP contribution in [0.3, 0.4) is 0 Å². The van der Waals surface area contributed by atoms with Crippen molar-refractivity contribution in [2.24, 2.45) is 0 Å². The van der Waals surface area contributed by atoms with Crippen LogP contribution in [0, 0.1) is 12.4 Å². The zero-order valence-corrected chi connectivity index (χ0v) is 7.73. The number of aromatic nitrogens is 1. The van der Waals surface area contributed by atoms with Crippen molar-refractivity contribution >= 4 is 21.6 Å². The van der Waals surface area contributed by atoms with Crippen LogP contribution in [-0.4, -0.2) is 12.1 Å². The van der Waals surface area contributed by atoms with E-state index in [1.54, 1.807) is 7.11 Å². The van der Waals surface area contributed by atoms with Crippen LogP contribution >= 0.6 is 11.3 Å². The number of rotatable bonds is 1. The molecule has 0 aliphatic heterocycles. The van der Waals surface area contributed by atoms with Gasteiger partial charge >= 0.3 is 0 Å². The Kier molecular flexibility index (Phi) is 1.73. The Balaban J connectivity index is 2.78. The number of hydrogen-bond donors (Lipinski definition) is 0. The highest BCUT2D eigenvalue weighted by atomic mass is 32.1. The van der Waals surface area contributed by atoms with Crippen molar-refractivity contribution in [1.29, 1.82) is 0 Å². The van der Waals surface area contributed by atoms with Gasteiger partial charge in [-0.3, -0.25) is 0 Å². The van der Waals surface area contributed by atoms with E-state index in [-0.39, 0.29) is 0 Å². The van der Waals surface area contributed by atoms with Gasteiger partial charge in [0.05, 0.1) is 17.3 Å². The minimum atomic E-state index is 0.891. The zero-order chi connectivity index (χ0) is 8.55. The Morgan fingerprint density at radius 2 is 2.33 bits per heavy atom. The number of ether oxygens (including phenoxy) is 1. The van der Waals surface area contributed by atoms with E-state index in [4.69, 9.17) is 4.74 Å². The third-order valence-electron chi connectivity index (χ3n) is 1.88. The number of aryl methyl sites for hydroxylation is 1. The molecule has 2 nitrogen and oxygen atoms in total. The molecule has 12 heavy (non-hydrogen) atoms. The largest absolute Gasteiger partial charge is 0.496 e. The fourth-order valence-electron chi connectivity index (χ4n) is 1.22. The lowest BCUT2D eigenvalue weighted by Crippen LogP contribution is -1.86. The van der Waals surface area contributed by atoms with Crippen molar-refractivity contribution in [1.82, 2.24) is 4.98 Å². The van der Waals surface area contributed by atoms with E-state index >= 15 is 0 Å². The molecule has 0 saturated carbocycles. The highest BCUT2D eigenvalue weighted by Gasteiger charge is 2.04. The van der Waals surface area contributed by atoms with Crippen LogP contribution in [0.1, 0.15) is 5.56 Å². The minimum absolute atomic E-state index is 0.891. The molecule has 0 saturated heterocycles. The van der Waals surface area contributed by atoms with Crippen molar-refractivity contribution in [3.63, 3.8) is 0 Å². The molecule has 0 unspecified atom stereocenters. The molecule has 0 aliphatic rings. The average molecular weight is 178 g/mol. The molecule has 1 aromatic carbocycles. The Morgan fingerprint density at radius 1 is 1.50 bits per heavy atom. The smallest absolute Gasteiger partial charge is 0.153 e. The first-order chi connectivity index (χ1) is 5.83. The Hall–Kier alpha value is -1.09. The van der Waals surface area contributed by atoms with Crippen LogP contribution in [0.2, 0.25) is 0 Å². The second-order valence-electron chi connectivity index (χ2n) is 2.54. The lowest BCUT2D eigenvalue weighted by molar-refractivity contribution is 0.412. The van der Waals surface area contributed by atoms with Gasteiger partial charge in [0.2, 0.25) is 0 Å². The summed E-state index contributed by atoms with van der Waals surface area (Å²) in [6.45, 7) is 2.01. The molecule has 2 rings (SSSR count). The molecule has 3 heteroatoms. The summed E-state index contributed by atoms with van der Waals surface area (Å²) in [5, 5.41) is 0. The third-order valence-corrected chi connectivity index (χ3v) is 2.61. The fraction of sp³-hybridized carbons (Fsp3) is 0.222. The van der Waals surface area contributed by atoms with E-state index in [0.717, 1.165) is 21.5 Å². The van der Waals surface area contributed by atoms with E-state index in [1.807, 2.05) is 19.1 Å². The molecule has 0 fully saturated rings. The highest BCUT2D eigenvalue weighted by Crippen LogP contribution is 2.27. The maximum Gasteiger partial charge on any atom is 0.153 e. The van der Waals surface area contributed by atoms with E-state index < -0.39 is 0 Å². The Bertz CT molecular complexity index is 408. The van der Waals surface area contributed by atoms with Gasteiger partial charge in [-0.05, 0) is 19.1 Å². The molecule has 0 atom stereocenters. The number of hydrogen-bond acceptors (Lipinski definition) is 3. The lowest BCUT2D eigenvalue weighted by Gasteiger charge is -2.03. The van der Waals surface area contributed by atoms with Crippen molar-refractivity contribution in [3.8, 4) is 5.75 Å². The molecule has 1 radical (unpaired) electrons.